The van der Waals surface area contributed by atoms with Crippen molar-refractivity contribution < 1.29 is 9.18 Å². The molecule has 0 aliphatic rings. The summed E-state index contributed by atoms with van der Waals surface area (Å²) in [6, 6.07) is 9.64. The quantitative estimate of drug-likeness (QED) is 0.322. The van der Waals surface area contributed by atoms with Gasteiger partial charge in [-0.1, -0.05) is 37.3 Å². The van der Waals surface area contributed by atoms with Gasteiger partial charge in [0, 0.05) is 17.7 Å². The predicted octanol–water partition coefficient (Wildman–Crippen LogP) is 5.31. The third-order valence-electron chi connectivity index (χ3n) is 5.49. The summed E-state index contributed by atoms with van der Waals surface area (Å²) in [4.78, 5) is 17.8. The molecule has 35 heavy (non-hydrogen) atoms. The number of benzene rings is 1. The Morgan fingerprint density at radius 1 is 1.11 bits per heavy atom. The van der Waals surface area contributed by atoms with Crippen LogP contribution in [0.25, 0.3) is 27.3 Å². The summed E-state index contributed by atoms with van der Waals surface area (Å²) in [5.41, 5.74) is 9.79. The molecular formula is C24H22FN7OS2. The number of nitrogen functional groups attached to an aromatic ring is 1. The van der Waals surface area contributed by atoms with Crippen LogP contribution < -0.4 is 11.1 Å². The summed E-state index contributed by atoms with van der Waals surface area (Å²) >= 11 is 2.85. The van der Waals surface area contributed by atoms with Crippen LogP contribution in [0.2, 0.25) is 0 Å². The average Bonchev–Trinajstić information content (AvgIpc) is 3.57. The topological polar surface area (TPSA) is 111 Å². The minimum Gasteiger partial charge on any atom is -0.366 e. The molecule has 0 fully saturated rings. The minimum absolute atomic E-state index is 0.164. The lowest BCUT2D eigenvalue weighted by Gasteiger charge is -2.13. The molecule has 0 saturated heterocycles. The van der Waals surface area contributed by atoms with Crippen LogP contribution in [0.15, 0.2) is 48.0 Å². The fraction of sp³-hybridized carbons (Fsp3) is 0.208. The summed E-state index contributed by atoms with van der Waals surface area (Å²) in [5, 5.41) is 19.5. The van der Waals surface area contributed by atoms with E-state index in [0.717, 1.165) is 32.3 Å². The first-order chi connectivity index (χ1) is 16.8. The fourth-order valence-electron chi connectivity index (χ4n) is 3.60. The Bertz CT molecular complexity index is 1520. The number of rotatable bonds is 6. The second-order valence-corrected chi connectivity index (χ2v) is 10.3. The molecule has 11 heteroatoms. The number of thiophene rings is 1. The maximum atomic E-state index is 13.2. The van der Waals surface area contributed by atoms with Gasteiger partial charge in [-0.25, -0.2) is 8.91 Å². The summed E-state index contributed by atoms with van der Waals surface area (Å²) < 4.78 is 14.8. The van der Waals surface area contributed by atoms with E-state index >= 15 is 0 Å². The first-order valence-corrected chi connectivity index (χ1v) is 12.6. The van der Waals surface area contributed by atoms with Crippen LogP contribution in [0, 0.1) is 5.82 Å². The Hall–Kier alpha value is -3.70. The number of carbonyl (C=O) groups excluding carboxylic acids is 1. The van der Waals surface area contributed by atoms with E-state index in [1.165, 1.54) is 34.8 Å². The standard InChI is InChI=1S/C24H22FN7OS2/c1-12(2)22-29-30-23(35-22)18-8-15(10-32-20(18)28-24(26)31-32)16-9-19(34-11-16)21(33)27-13(3)14-4-6-17(25)7-5-14/h4-13H,1-3H3,(H2,26,31)(H,27,33)/t13-/m0/s1. The van der Waals surface area contributed by atoms with Crippen molar-refractivity contribution in [3.63, 3.8) is 0 Å². The van der Waals surface area contributed by atoms with Gasteiger partial charge in [0.1, 0.15) is 10.8 Å². The van der Waals surface area contributed by atoms with Crippen LogP contribution in [-0.2, 0) is 0 Å². The molecule has 0 radical (unpaired) electrons. The highest BCUT2D eigenvalue weighted by Gasteiger charge is 2.19. The lowest BCUT2D eigenvalue weighted by atomic mass is 10.1. The van der Waals surface area contributed by atoms with Crippen molar-refractivity contribution in [2.45, 2.75) is 32.7 Å². The molecule has 1 aromatic carbocycles. The van der Waals surface area contributed by atoms with Gasteiger partial charge in [0.25, 0.3) is 5.91 Å². The monoisotopic (exact) mass is 507 g/mol. The zero-order valence-corrected chi connectivity index (χ0v) is 20.8. The molecule has 5 aromatic rings. The van der Waals surface area contributed by atoms with Gasteiger partial charge in [0.05, 0.1) is 16.5 Å². The van der Waals surface area contributed by atoms with Crippen LogP contribution in [-0.4, -0.2) is 30.7 Å². The van der Waals surface area contributed by atoms with Gasteiger partial charge >= 0.3 is 0 Å². The van der Waals surface area contributed by atoms with Crippen LogP contribution >= 0.6 is 22.7 Å². The fourth-order valence-corrected chi connectivity index (χ4v) is 5.28. The first-order valence-electron chi connectivity index (χ1n) is 10.9. The Kier molecular flexibility index (Phi) is 6.03. The molecule has 1 atom stereocenters. The van der Waals surface area contributed by atoms with Gasteiger partial charge in [-0.2, -0.15) is 4.98 Å². The number of amides is 1. The molecule has 4 heterocycles. The number of halogens is 1. The summed E-state index contributed by atoms with van der Waals surface area (Å²) in [7, 11) is 0. The largest absolute Gasteiger partial charge is 0.366 e. The summed E-state index contributed by atoms with van der Waals surface area (Å²) in [6.07, 6.45) is 1.83. The second kappa shape index (κ2) is 9.16. The zero-order chi connectivity index (χ0) is 24.7. The van der Waals surface area contributed by atoms with E-state index in [0.29, 0.717) is 10.5 Å². The second-order valence-electron chi connectivity index (χ2n) is 8.43. The van der Waals surface area contributed by atoms with Gasteiger partial charge in [0.15, 0.2) is 10.7 Å². The van der Waals surface area contributed by atoms with E-state index in [4.69, 9.17) is 5.73 Å². The number of nitrogens with zero attached hydrogens (tertiary/aromatic N) is 5. The van der Waals surface area contributed by atoms with Crippen molar-refractivity contribution in [3.05, 3.63) is 69.2 Å². The van der Waals surface area contributed by atoms with E-state index in [-0.39, 0.29) is 29.6 Å². The van der Waals surface area contributed by atoms with Crippen molar-refractivity contribution in [1.29, 1.82) is 0 Å². The number of hydrogen-bond acceptors (Lipinski definition) is 8. The number of pyridine rings is 1. The van der Waals surface area contributed by atoms with Crippen LogP contribution in [0.3, 0.4) is 0 Å². The van der Waals surface area contributed by atoms with E-state index < -0.39 is 0 Å². The highest BCUT2D eigenvalue weighted by atomic mass is 32.1. The molecule has 0 saturated carbocycles. The number of nitrogens with one attached hydrogen (secondary N) is 1. The van der Waals surface area contributed by atoms with Crippen LogP contribution in [0.5, 0.6) is 0 Å². The molecule has 8 nitrogen and oxygen atoms in total. The molecule has 0 aliphatic carbocycles. The van der Waals surface area contributed by atoms with Crippen molar-refractivity contribution in [2.24, 2.45) is 0 Å². The average molecular weight is 508 g/mol. The van der Waals surface area contributed by atoms with Gasteiger partial charge in [-0.3, -0.25) is 4.79 Å². The minimum atomic E-state index is -0.311. The molecule has 1 amide bonds. The Labute approximate surface area is 208 Å². The number of carbonyl (C=O) groups is 1. The number of anilines is 1. The maximum Gasteiger partial charge on any atom is 0.261 e. The molecule has 4 aromatic heterocycles. The van der Waals surface area contributed by atoms with Crippen LogP contribution in [0.4, 0.5) is 10.3 Å². The van der Waals surface area contributed by atoms with E-state index in [2.05, 4.69) is 39.4 Å². The van der Waals surface area contributed by atoms with Gasteiger partial charge < -0.3 is 11.1 Å². The predicted molar refractivity (Wildman–Crippen MR) is 136 cm³/mol. The SMILES string of the molecule is CC(C)c1nnc(-c2cc(-c3csc(C(=O)N[C@@H](C)c4ccc(F)cc4)c3)cn3nc(N)nc23)s1. The molecule has 5 rings (SSSR count). The molecular weight excluding hydrogens is 485 g/mol. The molecule has 0 unspecified atom stereocenters. The highest BCUT2D eigenvalue weighted by Crippen LogP contribution is 2.34. The van der Waals surface area contributed by atoms with Crippen molar-refractivity contribution in [2.75, 3.05) is 5.73 Å². The molecule has 0 spiro atoms. The smallest absolute Gasteiger partial charge is 0.261 e. The van der Waals surface area contributed by atoms with Gasteiger partial charge in [0.2, 0.25) is 5.95 Å². The van der Waals surface area contributed by atoms with E-state index in [9.17, 15) is 9.18 Å². The van der Waals surface area contributed by atoms with Crippen molar-refractivity contribution >= 4 is 40.2 Å². The Balaban J connectivity index is 1.45. The van der Waals surface area contributed by atoms with Crippen LogP contribution in [0.1, 0.15) is 53.0 Å². The molecule has 3 N–H and O–H groups in total. The maximum absolute atomic E-state index is 13.2. The summed E-state index contributed by atoms with van der Waals surface area (Å²) in [6.45, 7) is 6.00. The summed E-state index contributed by atoms with van der Waals surface area (Å²) in [5.74, 6) is -0.0829. The third-order valence-corrected chi connectivity index (χ3v) is 7.67. The third kappa shape index (κ3) is 4.64. The lowest BCUT2D eigenvalue weighted by molar-refractivity contribution is 0.0944. The normalized spacial score (nSPS) is 12.4. The molecule has 0 bridgehead atoms. The van der Waals surface area contributed by atoms with Gasteiger partial charge in [-0.15, -0.1) is 26.6 Å². The zero-order valence-electron chi connectivity index (χ0n) is 19.2. The first kappa shape index (κ1) is 23.1. The van der Waals surface area contributed by atoms with Crippen molar-refractivity contribution in [1.82, 2.24) is 30.1 Å². The Morgan fingerprint density at radius 2 is 1.89 bits per heavy atom. The number of aromatic nitrogens is 5. The lowest BCUT2D eigenvalue weighted by Crippen LogP contribution is -2.25. The number of hydrogen-bond donors (Lipinski definition) is 2. The Morgan fingerprint density at radius 3 is 2.60 bits per heavy atom. The van der Waals surface area contributed by atoms with Gasteiger partial charge in [-0.05, 0) is 47.7 Å². The van der Waals surface area contributed by atoms with Crippen molar-refractivity contribution in [3.8, 4) is 21.7 Å². The number of fused-ring (bicyclic) bond motifs is 1. The number of nitrogens with two attached hydrogens (primary N) is 1. The van der Waals surface area contributed by atoms with E-state index in [1.54, 1.807) is 16.6 Å². The van der Waals surface area contributed by atoms with E-state index in [1.807, 2.05) is 30.6 Å². The highest BCUT2D eigenvalue weighted by molar-refractivity contribution is 7.14. The molecule has 178 valence electrons. The molecule has 0 aliphatic heterocycles.